The first-order chi connectivity index (χ1) is 10.3. The molecule has 0 bridgehead atoms. The molecule has 0 saturated heterocycles. The highest BCUT2D eigenvalue weighted by atomic mass is 35.5. The highest BCUT2D eigenvalue weighted by Gasteiger charge is 2.14. The second-order valence-corrected chi connectivity index (χ2v) is 5.11. The highest BCUT2D eigenvalue weighted by molar-refractivity contribution is 6.33. The van der Waals surface area contributed by atoms with Crippen molar-refractivity contribution in [3.63, 3.8) is 0 Å². The van der Waals surface area contributed by atoms with Gasteiger partial charge in [0.2, 0.25) is 0 Å². The molecule has 1 unspecified atom stereocenters. The number of hydrogen-bond acceptors (Lipinski definition) is 5. The lowest BCUT2D eigenvalue weighted by atomic mass is 10.1. The van der Waals surface area contributed by atoms with E-state index in [-0.39, 0.29) is 6.04 Å². The van der Waals surface area contributed by atoms with E-state index in [4.69, 9.17) is 22.1 Å². The van der Waals surface area contributed by atoms with Crippen molar-refractivity contribution in [1.82, 2.24) is 14.8 Å². The Balaban J connectivity index is 2.24. The lowest BCUT2D eigenvalue weighted by Crippen LogP contribution is -2.26. The Kier molecular flexibility index (Phi) is 5.98. The maximum Gasteiger partial charge on any atom is 0.138 e. The summed E-state index contributed by atoms with van der Waals surface area (Å²) in [4.78, 5) is 3.97. The van der Waals surface area contributed by atoms with E-state index in [9.17, 15) is 0 Å². The summed E-state index contributed by atoms with van der Waals surface area (Å²) in [6.45, 7) is 1.26. The number of aromatic nitrogens is 3. The number of methoxy groups -OCH3 is 1. The van der Waals surface area contributed by atoms with E-state index in [0.717, 1.165) is 24.2 Å². The van der Waals surface area contributed by atoms with Gasteiger partial charge in [-0.05, 0) is 31.5 Å². The number of anilines is 1. The van der Waals surface area contributed by atoms with Crippen molar-refractivity contribution in [2.45, 2.75) is 18.9 Å². The molecule has 6 nitrogen and oxygen atoms in total. The summed E-state index contributed by atoms with van der Waals surface area (Å²) in [7, 11) is 1.69. The normalized spacial score (nSPS) is 12.3. The van der Waals surface area contributed by atoms with Gasteiger partial charge in [-0.2, -0.15) is 5.10 Å². The highest BCUT2D eigenvalue weighted by Crippen LogP contribution is 2.28. The summed E-state index contributed by atoms with van der Waals surface area (Å²) in [6.07, 6.45) is 4.96. The molecule has 2 rings (SSSR count). The van der Waals surface area contributed by atoms with Gasteiger partial charge in [-0.3, -0.25) is 0 Å². The third kappa shape index (κ3) is 4.17. The van der Waals surface area contributed by atoms with Gasteiger partial charge in [0.25, 0.3) is 0 Å². The Morgan fingerprint density at radius 1 is 1.48 bits per heavy atom. The molecule has 0 saturated carbocycles. The van der Waals surface area contributed by atoms with Crippen LogP contribution in [-0.2, 0) is 4.74 Å². The topological polar surface area (TPSA) is 78.0 Å². The van der Waals surface area contributed by atoms with Gasteiger partial charge < -0.3 is 15.8 Å². The van der Waals surface area contributed by atoms with E-state index >= 15 is 0 Å². The van der Waals surface area contributed by atoms with Crippen molar-refractivity contribution < 1.29 is 4.74 Å². The fraction of sp³-hybridized carbons (Fsp3) is 0.429. The van der Waals surface area contributed by atoms with Crippen LogP contribution in [0.15, 0.2) is 30.9 Å². The van der Waals surface area contributed by atoms with Gasteiger partial charge in [0.15, 0.2) is 0 Å². The lowest BCUT2D eigenvalue weighted by Gasteiger charge is -2.21. The Morgan fingerprint density at radius 2 is 2.33 bits per heavy atom. The number of ether oxygens (including phenoxy) is 1. The number of nitrogens with two attached hydrogens (primary N) is 1. The number of rotatable bonds is 8. The van der Waals surface area contributed by atoms with Gasteiger partial charge in [0, 0.05) is 13.2 Å². The molecular weight excluding hydrogens is 290 g/mol. The van der Waals surface area contributed by atoms with Crippen molar-refractivity contribution in [3.05, 3.63) is 35.9 Å². The number of halogens is 1. The minimum atomic E-state index is 0.166. The number of nitrogens with one attached hydrogen (secondary N) is 1. The zero-order valence-corrected chi connectivity index (χ0v) is 12.8. The fourth-order valence-electron chi connectivity index (χ4n) is 2.17. The summed E-state index contributed by atoms with van der Waals surface area (Å²) in [5.74, 6) is 0. The second-order valence-electron chi connectivity index (χ2n) is 4.70. The SMILES string of the molecule is COCC(CCCN)Nc1cccc(Cl)c1-n1cncn1. The van der Waals surface area contributed by atoms with Crippen LogP contribution in [0.1, 0.15) is 12.8 Å². The summed E-state index contributed by atoms with van der Waals surface area (Å²) in [6, 6.07) is 5.86. The monoisotopic (exact) mass is 309 g/mol. The molecule has 0 aliphatic heterocycles. The first kappa shape index (κ1) is 15.8. The molecule has 114 valence electrons. The van der Waals surface area contributed by atoms with Crippen LogP contribution in [0.25, 0.3) is 5.69 Å². The third-order valence-electron chi connectivity index (χ3n) is 3.12. The molecule has 0 radical (unpaired) electrons. The van der Waals surface area contributed by atoms with Crippen LogP contribution < -0.4 is 11.1 Å². The molecule has 1 aromatic carbocycles. The standard InChI is InChI=1S/C14H20ClN5O/c1-21-8-11(4-3-7-16)19-13-6-2-5-12(15)14(13)20-10-17-9-18-20/h2,5-6,9-11,19H,3-4,7-8,16H2,1H3. The number of nitrogens with zero attached hydrogens (tertiary/aromatic N) is 3. The van der Waals surface area contributed by atoms with Crippen LogP contribution in [0, 0.1) is 0 Å². The van der Waals surface area contributed by atoms with Gasteiger partial charge in [-0.1, -0.05) is 17.7 Å². The maximum atomic E-state index is 6.31. The van der Waals surface area contributed by atoms with Crippen molar-refractivity contribution in [3.8, 4) is 5.69 Å². The predicted molar refractivity (Wildman–Crippen MR) is 83.9 cm³/mol. The van der Waals surface area contributed by atoms with Crippen LogP contribution in [-0.4, -0.2) is 41.1 Å². The Bertz CT molecular complexity index is 546. The molecule has 3 N–H and O–H groups in total. The molecule has 0 spiro atoms. The van der Waals surface area contributed by atoms with Crippen LogP contribution >= 0.6 is 11.6 Å². The molecule has 0 amide bonds. The zero-order chi connectivity index (χ0) is 15.1. The van der Waals surface area contributed by atoms with Crippen molar-refractivity contribution in [2.24, 2.45) is 5.73 Å². The molecule has 1 atom stereocenters. The summed E-state index contributed by atoms with van der Waals surface area (Å²) in [5, 5.41) is 8.22. The van der Waals surface area contributed by atoms with Crippen LogP contribution in [0.4, 0.5) is 5.69 Å². The minimum Gasteiger partial charge on any atom is -0.383 e. The van der Waals surface area contributed by atoms with E-state index in [1.54, 1.807) is 18.1 Å². The van der Waals surface area contributed by atoms with Crippen molar-refractivity contribution in [2.75, 3.05) is 25.6 Å². The molecule has 7 heteroatoms. The van der Waals surface area contributed by atoms with Gasteiger partial charge >= 0.3 is 0 Å². The quantitative estimate of drug-likeness (QED) is 0.780. The van der Waals surface area contributed by atoms with Gasteiger partial charge in [0.05, 0.1) is 17.3 Å². The number of benzene rings is 1. The molecule has 21 heavy (non-hydrogen) atoms. The Hall–Kier alpha value is -1.63. The zero-order valence-electron chi connectivity index (χ0n) is 12.0. The van der Waals surface area contributed by atoms with E-state index in [2.05, 4.69) is 15.4 Å². The van der Waals surface area contributed by atoms with Crippen molar-refractivity contribution >= 4 is 17.3 Å². The van der Waals surface area contributed by atoms with Gasteiger partial charge in [0.1, 0.15) is 18.3 Å². The molecule has 0 aliphatic rings. The molecule has 0 fully saturated rings. The Labute approximate surface area is 129 Å². The largest absolute Gasteiger partial charge is 0.383 e. The van der Waals surface area contributed by atoms with E-state index in [1.807, 2.05) is 18.2 Å². The molecule has 1 aromatic heterocycles. The van der Waals surface area contributed by atoms with Crippen LogP contribution in [0.3, 0.4) is 0 Å². The molecule has 2 aromatic rings. The van der Waals surface area contributed by atoms with E-state index in [0.29, 0.717) is 18.2 Å². The van der Waals surface area contributed by atoms with Gasteiger partial charge in [-0.25, -0.2) is 9.67 Å². The number of hydrogen-bond donors (Lipinski definition) is 2. The Morgan fingerprint density at radius 3 is 3.00 bits per heavy atom. The molecule has 0 aliphatic carbocycles. The molecular formula is C14H20ClN5O. The average molecular weight is 310 g/mol. The fourth-order valence-corrected chi connectivity index (χ4v) is 2.43. The average Bonchev–Trinajstić information content (AvgIpc) is 2.99. The second kappa shape index (κ2) is 7.97. The minimum absolute atomic E-state index is 0.166. The summed E-state index contributed by atoms with van der Waals surface area (Å²) in [5.41, 5.74) is 7.26. The third-order valence-corrected chi connectivity index (χ3v) is 3.42. The lowest BCUT2D eigenvalue weighted by molar-refractivity contribution is 0.182. The smallest absolute Gasteiger partial charge is 0.138 e. The number of para-hydroxylation sites is 1. The van der Waals surface area contributed by atoms with Crippen LogP contribution in [0.2, 0.25) is 5.02 Å². The summed E-state index contributed by atoms with van der Waals surface area (Å²) >= 11 is 6.31. The van der Waals surface area contributed by atoms with E-state index in [1.165, 1.54) is 6.33 Å². The maximum absolute atomic E-state index is 6.31. The molecule has 1 heterocycles. The predicted octanol–water partition coefficient (Wildman–Crippen LogP) is 2.09. The van der Waals surface area contributed by atoms with Crippen molar-refractivity contribution in [1.29, 1.82) is 0 Å². The van der Waals surface area contributed by atoms with Gasteiger partial charge in [-0.15, -0.1) is 0 Å². The van der Waals surface area contributed by atoms with Crippen LogP contribution in [0.5, 0.6) is 0 Å². The first-order valence-electron chi connectivity index (χ1n) is 6.85. The first-order valence-corrected chi connectivity index (χ1v) is 7.23. The summed E-state index contributed by atoms with van der Waals surface area (Å²) < 4.78 is 6.91. The van der Waals surface area contributed by atoms with E-state index < -0.39 is 0 Å².